The molecule has 3 nitrogen and oxygen atoms in total. The first-order chi connectivity index (χ1) is 8.76. The third-order valence-electron chi connectivity index (χ3n) is 4.50. The van der Waals surface area contributed by atoms with Crippen molar-refractivity contribution in [2.45, 2.75) is 25.8 Å². The van der Waals surface area contributed by atoms with Gasteiger partial charge >= 0.3 is 0 Å². The first-order valence-electron chi connectivity index (χ1n) is 6.97. The highest BCUT2D eigenvalue weighted by Crippen LogP contribution is 2.39. The van der Waals surface area contributed by atoms with E-state index < -0.39 is 0 Å². The highest BCUT2D eigenvalue weighted by molar-refractivity contribution is 5.85. The van der Waals surface area contributed by atoms with Gasteiger partial charge in [0.25, 0.3) is 0 Å². The van der Waals surface area contributed by atoms with Gasteiger partial charge in [0.05, 0.1) is 0 Å². The van der Waals surface area contributed by atoms with Crippen LogP contribution in [0.5, 0.6) is 5.75 Å². The minimum atomic E-state index is 0. The van der Waals surface area contributed by atoms with Gasteiger partial charge in [0.2, 0.25) is 0 Å². The molecule has 0 radical (unpaired) electrons. The Morgan fingerprint density at radius 3 is 2.74 bits per heavy atom. The van der Waals surface area contributed by atoms with E-state index in [0.29, 0.717) is 11.2 Å². The molecule has 1 spiro atoms. The molecule has 2 aliphatic rings. The molecule has 19 heavy (non-hydrogen) atoms. The number of benzene rings is 1. The summed E-state index contributed by atoms with van der Waals surface area (Å²) in [6, 6.07) is 7.66. The molecule has 0 unspecified atom stereocenters. The molecule has 0 aromatic heterocycles. The first-order valence-corrected chi connectivity index (χ1v) is 6.97. The molecule has 0 saturated carbocycles. The highest BCUT2D eigenvalue weighted by Gasteiger charge is 2.38. The maximum absolute atomic E-state index is 9.50. The van der Waals surface area contributed by atoms with Crippen LogP contribution >= 0.6 is 12.4 Å². The fourth-order valence-electron chi connectivity index (χ4n) is 3.44. The molecule has 2 saturated heterocycles. The van der Waals surface area contributed by atoms with Crippen molar-refractivity contribution in [3.05, 3.63) is 29.8 Å². The number of hydrogen-bond donors (Lipinski definition) is 2. The van der Waals surface area contributed by atoms with Crippen LogP contribution in [0.15, 0.2) is 24.3 Å². The molecular weight excluding hydrogens is 260 g/mol. The number of phenols is 1. The molecule has 0 bridgehead atoms. The predicted molar refractivity (Wildman–Crippen MR) is 79.8 cm³/mol. The lowest BCUT2D eigenvalue weighted by Gasteiger charge is -2.33. The molecule has 2 heterocycles. The van der Waals surface area contributed by atoms with E-state index in [0.717, 1.165) is 6.54 Å². The van der Waals surface area contributed by atoms with Gasteiger partial charge in [-0.15, -0.1) is 12.4 Å². The SMILES string of the molecule is Cl.Oc1cccc(CN2CCC3(CCNCC3)C2)c1. The summed E-state index contributed by atoms with van der Waals surface area (Å²) in [5, 5.41) is 13.0. The van der Waals surface area contributed by atoms with Gasteiger partial charge in [0.1, 0.15) is 5.75 Å². The zero-order chi connectivity index (χ0) is 12.4. The fourth-order valence-corrected chi connectivity index (χ4v) is 3.44. The molecular formula is C15H23ClN2O. The standard InChI is InChI=1S/C15H22N2O.ClH/c18-14-3-1-2-13(10-14)11-17-9-6-15(12-17)4-7-16-8-5-15;/h1-3,10,16,18H,4-9,11-12H2;1H. The highest BCUT2D eigenvalue weighted by atomic mass is 35.5. The molecule has 0 atom stereocenters. The van der Waals surface area contributed by atoms with Crippen LogP contribution in [-0.4, -0.2) is 36.2 Å². The van der Waals surface area contributed by atoms with Crippen LogP contribution in [0.3, 0.4) is 0 Å². The summed E-state index contributed by atoms with van der Waals surface area (Å²) in [4.78, 5) is 2.54. The molecule has 1 aromatic carbocycles. The molecule has 2 N–H and O–H groups in total. The molecule has 1 aromatic rings. The zero-order valence-electron chi connectivity index (χ0n) is 11.3. The van der Waals surface area contributed by atoms with Gasteiger partial charge in [-0.2, -0.15) is 0 Å². The second-order valence-corrected chi connectivity index (χ2v) is 5.88. The third kappa shape index (κ3) is 3.41. The van der Waals surface area contributed by atoms with E-state index in [1.807, 2.05) is 12.1 Å². The normalized spacial score (nSPS) is 22.3. The molecule has 0 aliphatic carbocycles. The summed E-state index contributed by atoms with van der Waals surface area (Å²) in [5.74, 6) is 0.378. The summed E-state index contributed by atoms with van der Waals surface area (Å²) in [5.41, 5.74) is 1.79. The second-order valence-electron chi connectivity index (χ2n) is 5.88. The number of aromatic hydroxyl groups is 1. The molecule has 3 rings (SSSR count). The van der Waals surface area contributed by atoms with Gasteiger partial charge in [-0.05, 0) is 62.0 Å². The monoisotopic (exact) mass is 282 g/mol. The number of phenolic OH excluding ortho intramolecular Hbond substituents is 1. The zero-order valence-corrected chi connectivity index (χ0v) is 12.1. The van der Waals surface area contributed by atoms with E-state index in [-0.39, 0.29) is 12.4 Å². The number of likely N-dealkylation sites (tertiary alicyclic amines) is 1. The first kappa shape index (κ1) is 14.6. The maximum atomic E-state index is 9.50. The lowest BCUT2D eigenvalue weighted by Crippen LogP contribution is -2.38. The van der Waals surface area contributed by atoms with Gasteiger partial charge < -0.3 is 10.4 Å². The van der Waals surface area contributed by atoms with Crippen LogP contribution in [-0.2, 0) is 6.54 Å². The Morgan fingerprint density at radius 2 is 2.00 bits per heavy atom. The molecule has 2 fully saturated rings. The molecule has 0 amide bonds. The summed E-state index contributed by atoms with van der Waals surface area (Å²) < 4.78 is 0. The summed E-state index contributed by atoms with van der Waals surface area (Å²) in [6.07, 6.45) is 3.99. The predicted octanol–water partition coefficient (Wildman–Crippen LogP) is 2.39. The van der Waals surface area contributed by atoms with E-state index in [4.69, 9.17) is 0 Å². The van der Waals surface area contributed by atoms with Gasteiger partial charge in [0, 0.05) is 13.1 Å². The van der Waals surface area contributed by atoms with E-state index in [9.17, 15) is 5.11 Å². The summed E-state index contributed by atoms with van der Waals surface area (Å²) >= 11 is 0. The Morgan fingerprint density at radius 1 is 1.21 bits per heavy atom. The van der Waals surface area contributed by atoms with Gasteiger partial charge in [-0.1, -0.05) is 12.1 Å². The van der Waals surface area contributed by atoms with Gasteiger partial charge in [-0.3, -0.25) is 4.90 Å². The van der Waals surface area contributed by atoms with Crippen molar-refractivity contribution in [1.82, 2.24) is 10.2 Å². The van der Waals surface area contributed by atoms with E-state index >= 15 is 0 Å². The molecule has 2 aliphatic heterocycles. The van der Waals surface area contributed by atoms with Crippen molar-refractivity contribution < 1.29 is 5.11 Å². The fraction of sp³-hybridized carbons (Fsp3) is 0.600. The van der Waals surface area contributed by atoms with Crippen LogP contribution < -0.4 is 5.32 Å². The number of rotatable bonds is 2. The van der Waals surface area contributed by atoms with Crippen LogP contribution in [0.25, 0.3) is 0 Å². The van der Waals surface area contributed by atoms with Crippen molar-refractivity contribution in [2.75, 3.05) is 26.2 Å². The Bertz CT molecular complexity index is 418. The summed E-state index contributed by atoms with van der Waals surface area (Å²) in [6.45, 7) is 5.77. The van der Waals surface area contributed by atoms with Crippen molar-refractivity contribution >= 4 is 12.4 Å². The summed E-state index contributed by atoms with van der Waals surface area (Å²) in [7, 11) is 0. The van der Waals surface area contributed by atoms with E-state index in [2.05, 4.69) is 16.3 Å². The number of nitrogens with one attached hydrogen (secondary N) is 1. The van der Waals surface area contributed by atoms with Crippen molar-refractivity contribution in [2.24, 2.45) is 5.41 Å². The Hall–Kier alpha value is -0.770. The lowest BCUT2D eigenvalue weighted by molar-refractivity contribution is 0.194. The minimum absolute atomic E-state index is 0. The topological polar surface area (TPSA) is 35.5 Å². The average molecular weight is 283 g/mol. The van der Waals surface area contributed by atoms with E-state index in [1.54, 1.807) is 6.07 Å². The average Bonchev–Trinajstić information content (AvgIpc) is 2.73. The van der Waals surface area contributed by atoms with E-state index in [1.165, 1.54) is 51.0 Å². The number of hydrogen-bond acceptors (Lipinski definition) is 3. The Kier molecular flexibility index (Phi) is 4.71. The largest absolute Gasteiger partial charge is 0.508 e. The van der Waals surface area contributed by atoms with Crippen LogP contribution in [0.2, 0.25) is 0 Å². The van der Waals surface area contributed by atoms with Crippen LogP contribution in [0, 0.1) is 5.41 Å². The Balaban J connectivity index is 0.00000133. The van der Waals surface area contributed by atoms with Crippen LogP contribution in [0.4, 0.5) is 0 Å². The quantitative estimate of drug-likeness (QED) is 0.874. The van der Waals surface area contributed by atoms with Gasteiger partial charge in [0.15, 0.2) is 0 Å². The second kappa shape index (κ2) is 6.12. The van der Waals surface area contributed by atoms with Crippen molar-refractivity contribution in [1.29, 1.82) is 0 Å². The lowest BCUT2D eigenvalue weighted by atomic mass is 9.78. The number of nitrogens with zero attached hydrogens (tertiary/aromatic N) is 1. The third-order valence-corrected chi connectivity index (χ3v) is 4.50. The number of piperidine rings is 1. The van der Waals surface area contributed by atoms with Crippen LogP contribution in [0.1, 0.15) is 24.8 Å². The maximum Gasteiger partial charge on any atom is 0.115 e. The molecule has 106 valence electrons. The molecule has 4 heteroatoms. The van der Waals surface area contributed by atoms with Crippen molar-refractivity contribution in [3.8, 4) is 5.75 Å². The van der Waals surface area contributed by atoms with Crippen molar-refractivity contribution in [3.63, 3.8) is 0 Å². The smallest absolute Gasteiger partial charge is 0.115 e. The minimum Gasteiger partial charge on any atom is -0.508 e. The Labute approximate surface area is 121 Å². The van der Waals surface area contributed by atoms with Gasteiger partial charge in [-0.25, -0.2) is 0 Å². The number of halogens is 1.